The molecule has 0 aromatic carbocycles. The Labute approximate surface area is 83.6 Å². The molecular weight excluding hydrogens is 178 g/mol. The Balaban J connectivity index is 2.64. The SMILES string of the molecule is CCOC(=O)/C=C/[n+]1cccc(C)c1. The van der Waals surface area contributed by atoms with Crippen molar-refractivity contribution in [3.63, 3.8) is 0 Å². The first-order valence-electron chi connectivity index (χ1n) is 4.54. The Morgan fingerprint density at radius 1 is 1.64 bits per heavy atom. The lowest BCUT2D eigenvalue weighted by atomic mass is 10.3. The molecule has 1 aromatic heterocycles. The topological polar surface area (TPSA) is 30.2 Å². The molecule has 0 N–H and O–H groups in total. The Morgan fingerprint density at radius 3 is 3.07 bits per heavy atom. The number of ether oxygens (including phenoxy) is 1. The lowest BCUT2D eigenvalue weighted by Crippen LogP contribution is -2.25. The highest BCUT2D eigenvalue weighted by Gasteiger charge is 1.98. The summed E-state index contributed by atoms with van der Waals surface area (Å²) in [5.41, 5.74) is 1.14. The zero-order valence-electron chi connectivity index (χ0n) is 8.43. The van der Waals surface area contributed by atoms with E-state index in [1.165, 1.54) is 6.08 Å². The van der Waals surface area contributed by atoms with Crippen molar-refractivity contribution in [3.8, 4) is 0 Å². The second-order valence-electron chi connectivity index (χ2n) is 2.90. The summed E-state index contributed by atoms with van der Waals surface area (Å²) in [6.45, 7) is 4.18. The average molecular weight is 192 g/mol. The summed E-state index contributed by atoms with van der Waals surface area (Å²) in [4.78, 5) is 11.0. The second kappa shape index (κ2) is 5.17. The summed E-state index contributed by atoms with van der Waals surface area (Å²) in [5.74, 6) is -0.318. The molecule has 0 aliphatic carbocycles. The highest BCUT2D eigenvalue weighted by atomic mass is 16.5. The van der Waals surface area contributed by atoms with Crippen molar-refractivity contribution < 1.29 is 14.1 Å². The smallest absolute Gasteiger partial charge is 0.336 e. The van der Waals surface area contributed by atoms with Gasteiger partial charge in [-0.15, -0.1) is 0 Å². The van der Waals surface area contributed by atoms with Crippen LogP contribution in [0.1, 0.15) is 12.5 Å². The minimum atomic E-state index is -0.318. The summed E-state index contributed by atoms with van der Waals surface area (Å²) in [7, 11) is 0. The van der Waals surface area contributed by atoms with E-state index >= 15 is 0 Å². The van der Waals surface area contributed by atoms with Gasteiger partial charge in [-0.2, -0.15) is 4.57 Å². The Hall–Kier alpha value is -1.64. The Bertz CT molecular complexity index is 345. The molecule has 1 rings (SSSR count). The zero-order valence-corrected chi connectivity index (χ0v) is 8.43. The summed E-state index contributed by atoms with van der Waals surface area (Å²) in [6.07, 6.45) is 6.87. The number of nitrogens with zero attached hydrogens (tertiary/aromatic N) is 1. The van der Waals surface area contributed by atoms with Gasteiger partial charge in [0.1, 0.15) is 0 Å². The number of esters is 1. The summed E-state index contributed by atoms with van der Waals surface area (Å²) in [6, 6.07) is 3.92. The van der Waals surface area contributed by atoms with Gasteiger partial charge in [-0.25, -0.2) is 4.79 Å². The lowest BCUT2D eigenvalue weighted by molar-refractivity contribution is -0.568. The van der Waals surface area contributed by atoms with E-state index in [2.05, 4.69) is 0 Å². The molecule has 3 heteroatoms. The first-order valence-corrected chi connectivity index (χ1v) is 4.54. The highest BCUT2D eigenvalue weighted by Crippen LogP contribution is 1.89. The summed E-state index contributed by atoms with van der Waals surface area (Å²) in [5, 5.41) is 0. The minimum Gasteiger partial charge on any atom is -0.463 e. The predicted molar refractivity (Wildman–Crippen MR) is 53.3 cm³/mol. The van der Waals surface area contributed by atoms with Crippen LogP contribution in [-0.2, 0) is 9.53 Å². The van der Waals surface area contributed by atoms with Gasteiger partial charge in [-0.1, -0.05) is 0 Å². The third-order valence-electron chi connectivity index (χ3n) is 1.64. The van der Waals surface area contributed by atoms with Crippen LogP contribution in [0.25, 0.3) is 6.20 Å². The molecule has 0 fully saturated rings. The van der Waals surface area contributed by atoms with Crippen LogP contribution in [0.2, 0.25) is 0 Å². The highest BCUT2D eigenvalue weighted by molar-refractivity contribution is 5.84. The van der Waals surface area contributed by atoms with Crippen LogP contribution in [0.3, 0.4) is 0 Å². The van der Waals surface area contributed by atoms with Crippen molar-refractivity contribution in [2.24, 2.45) is 0 Å². The van der Waals surface area contributed by atoms with Gasteiger partial charge in [0, 0.05) is 11.6 Å². The van der Waals surface area contributed by atoms with Crippen molar-refractivity contribution >= 4 is 12.2 Å². The maximum absolute atomic E-state index is 11.0. The largest absolute Gasteiger partial charge is 0.463 e. The van der Waals surface area contributed by atoms with E-state index in [0.717, 1.165) is 5.56 Å². The molecule has 3 nitrogen and oxygen atoms in total. The molecule has 1 aromatic rings. The standard InChI is InChI=1S/C11H14NO2/c1-3-14-11(13)6-8-12-7-4-5-10(2)9-12/h4-9H,3H2,1-2H3/q+1/b8-6+. The molecule has 0 spiro atoms. The van der Waals surface area contributed by atoms with Crippen LogP contribution in [0.4, 0.5) is 0 Å². The molecule has 0 amide bonds. The van der Waals surface area contributed by atoms with E-state index in [0.29, 0.717) is 6.61 Å². The number of carbonyl (C=O) groups is 1. The fraction of sp³-hybridized carbons (Fsp3) is 0.273. The molecule has 14 heavy (non-hydrogen) atoms. The van der Waals surface area contributed by atoms with Gasteiger partial charge in [-0.3, -0.25) is 0 Å². The predicted octanol–water partition coefficient (Wildman–Crippen LogP) is 1.32. The molecule has 0 aliphatic rings. The number of pyridine rings is 1. The average Bonchev–Trinajstić information content (AvgIpc) is 2.15. The third-order valence-corrected chi connectivity index (χ3v) is 1.64. The van der Waals surface area contributed by atoms with Gasteiger partial charge in [-0.05, 0) is 19.9 Å². The van der Waals surface area contributed by atoms with Crippen LogP contribution in [0.5, 0.6) is 0 Å². The summed E-state index contributed by atoms with van der Waals surface area (Å²) >= 11 is 0. The fourth-order valence-electron chi connectivity index (χ4n) is 1.05. The first kappa shape index (κ1) is 10.4. The third kappa shape index (κ3) is 3.39. The van der Waals surface area contributed by atoms with Crippen LogP contribution in [-0.4, -0.2) is 12.6 Å². The monoisotopic (exact) mass is 192 g/mol. The van der Waals surface area contributed by atoms with Crippen molar-refractivity contribution in [1.29, 1.82) is 0 Å². The molecule has 0 atom stereocenters. The van der Waals surface area contributed by atoms with E-state index in [1.807, 2.05) is 36.0 Å². The van der Waals surface area contributed by atoms with Gasteiger partial charge in [0.2, 0.25) is 0 Å². The van der Waals surface area contributed by atoms with Crippen molar-refractivity contribution in [1.82, 2.24) is 0 Å². The normalized spacial score (nSPS) is 10.4. The van der Waals surface area contributed by atoms with Crippen LogP contribution in [0.15, 0.2) is 30.6 Å². The lowest BCUT2D eigenvalue weighted by Gasteiger charge is -1.93. The maximum atomic E-state index is 11.0. The first-order chi connectivity index (χ1) is 6.72. The Morgan fingerprint density at radius 2 is 2.43 bits per heavy atom. The molecule has 0 saturated carbocycles. The molecular formula is C11H14NO2+. The minimum absolute atomic E-state index is 0.318. The van der Waals surface area contributed by atoms with Gasteiger partial charge in [0.25, 0.3) is 0 Å². The number of aromatic nitrogens is 1. The molecule has 0 unspecified atom stereocenters. The molecule has 0 bridgehead atoms. The fourth-order valence-corrected chi connectivity index (χ4v) is 1.05. The van der Waals surface area contributed by atoms with Gasteiger partial charge in [0.15, 0.2) is 18.6 Å². The number of hydrogen-bond acceptors (Lipinski definition) is 2. The molecule has 74 valence electrons. The van der Waals surface area contributed by atoms with E-state index in [4.69, 9.17) is 4.74 Å². The maximum Gasteiger partial charge on any atom is 0.336 e. The Kier molecular flexibility index (Phi) is 3.85. The second-order valence-corrected chi connectivity index (χ2v) is 2.90. The molecule has 0 radical (unpaired) electrons. The molecule has 0 aliphatic heterocycles. The number of rotatable bonds is 3. The quantitative estimate of drug-likeness (QED) is 0.410. The van der Waals surface area contributed by atoms with Crippen LogP contribution < -0.4 is 4.57 Å². The van der Waals surface area contributed by atoms with Crippen molar-refractivity contribution in [2.45, 2.75) is 13.8 Å². The van der Waals surface area contributed by atoms with E-state index in [1.54, 1.807) is 13.1 Å². The molecule has 0 saturated heterocycles. The number of aryl methyl sites for hydroxylation is 1. The number of carbonyl (C=O) groups excluding carboxylic acids is 1. The van der Waals surface area contributed by atoms with Gasteiger partial charge in [0.05, 0.1) is 12.7 Å². The zero-order chi connectivity index (χ0) is 10.4. The van der Waals surface area contributed by atoms with Crippen molar-refractivity contribution in [3.05, 3.63) is 36.2 Å². The van der Waals surface area contributed by atoms with E-state index < -0.39 is 0 Å². The van der Waals surface area contributed by atoms with Gasteiger partial charge >= 0.3 is 5.97 Å². The summed E-state index contributed by atoms with van der Waals surface area (Å²) < 4.78 is 6.57. The number of hydrogen-bond donors (Lipinski definition) is 0. The van der Waals surface area contributed by atoms with Crippen LogP contribution >= 0.6 is 0 Å². The van der Waals surface area contributed by atoms with Crippen molar-refractivity contribution in [2.75, 3.05) is 6.61 Å². The molecule has 1 heterocycles. The van der Waals surface area contributed by atoms with Crippen LogP contribution in [0, 0.1) is 6.92 Å². The van der Waals surface area contributed by atoms with E-state index in [-0.39, 0.29) is 5.97 Å². The van der Waals surface area contributed by atoms with E-state index in [9.17, 15) is 4.79 Å². The van der Waals surface area contributed by atoms with Gasteiger partial charge < -0.3 is 4.74 Å².